The molecule has 0 fully saturated rings. The van der Waals surface area contributed by atoms with Crippen molar-refractivity contribution in [3.05, 3.63) is 94.3 Å². The molecular weight excluding hydrogens is 445 g/mol. The molecule has 0 saturated carbocycles. The van der Waals surface area contributed by atoms with Gasteiger partial charge < -0.3 is 4.74 Å². The molecule has 0 spiro atoms. The summed E-state index contributed by atoms with van der Waals surface area (Å²) in [6.07, 6.45) is 0. The van der Waals surface area contributed by atoms with Crippen LogP contribution in [0.1, 0.15) is 26.3 Å². The minimum absolute atomic E-state index is 0.0332. The molecule has 0 amide bonds. The summed E-state index contributed by atoms with van der Waals surface area (Å²) < 4.78 is 43.9. The van der Waals surface area contributed by atoms with Crippen LogP contribution in [-0.4, -0.2) is 38.6 Å². The molecule has 160 valence electrons. The first-order valence-corrected chi connectivity index (χ1v) is 10.8. The number of hydrogen-bond acceptors (Lipinski definition) is 5. The van der Waals surface area contributed by atoms with Gasteiger partial charge in [0, 0.05) is 25.2 Å². The van der Waals surface area contributed by atoms with Gasteiger partial charge in [0.25, 0.3) is 0 Å². The number of nitrogens with zero attached hydrogens (tertiary/aromatic N) is 1. The van der Waals surface area contributed by atoms with Crippen molar-refractivity contribution in [1.29, 1.82) is 0 Å². The van der Waals surface area contributed by atoms with Crippen molar-refractivity contribution in [2.45, 2.75) is 4.90 Å². The maximum absolute atomic E-state index is 13.0. The van der Waals surface area contributed by atoms with E-state index in [0.717, 1.165) is 10.4 Å². The van der Waals surface area contributed by atoms with Crippen LogP contribution in [0.5, 0.6) is 5.75 Å². The standard InChI is InChI=1S/C22H17ClFNO5S/c1-25(2)31(28,29)18-11-12-20(23)19(13-18)22(27)30-17-9-5-15(6-10-17)21(26)14-3-7-16(24)8-4-14/h3-13H,1-2H3. The molecule has 3 aromatic carbocycles. The summed E-state index contributed by atoms with van der Waals surface area (Å²) in [6.45, 7) is 0. The SMILES string of the molecule is CN(C)S(=O)(=O)c1ccc(Cl)c(C(=O)Oc2ccc(C(=O)c3ccc(F)cc3)cc2)c1. The fourth-order valence-electron chi connectivity index (χ4n) is 2.64. The normalized spacial score (nSPS) is 11.4. The molecule has 6 nitrogen and oxygen atoms in total. The largest absolute Gasteiger partial charge is 0.423 e. The topological polar surface area (TPSA) is 80.8 Å². The van der Waals surface area contributed by atoms with Gasteiger partial charge >= 0.3 is 5.97 Å². The highest BCUT2D eigenvalue weighted by atomic mass is 35.5. The Bertz CT molecular complexity index is 1240. The van der Waals surface area contributed by atoms with Crippen LogP contribution in [0.3, 0.4) is 0 Å². The molecule has 3 rings (SSSR count). The van der Waals surface area contributed by atoms with Crippen molar-refractivity contribution < 1.29 is 27.1 Å². The van der Waals surface area contributed by atoms with Crippen LogP contribution in [0.25, 0.3) is 0 Å². The summed E-state index contributed by atoms with van der Waals surface area (Å²) in [7, 11) is -1.02. The maximum Gasteiger partial charge on any atom is 0.345 e. The van der Waals surface area contributed by atoms with E-state index in [1.807, 2.05) is 0 Å². The lowest BCUT2D eigenvalue weighted by atomic mass is 10.0. The second-order valence-electron chi connectivity index (χ2n) is 6.68. The van der Waals surface area contributed by atoms with Crippen molar-refractivity contribution >= 4 is 33.4 Å². The highest BCUT2D eigenvalue weighted by molar-refractivity contribution is 7.89. The number of rotatable bonds is 6. The van der Waals surface area contributed by atoms with Gasteiger partial charge in [0.05, 0.1) is 15.5 Å². The Morgan fingerprint density at radius 3 is 2.00 bits per heavy atom. The Hall–Kier alpha value is -3.07. The molecule has 0 bridgehead atoms. The first-order valence-electron chi connectivity index (χ1n) is 8.94. The lowest BCUT2D eigenvalue weighted by Gasteiger charge is -2.13. The number of carbonyl (C=O) groups excluding carboxylic acids is 2. The minimum atomic E-state index is -3.76. The third-order valence-electron chi connectivity index (χ3n) is 4.37. The van der Waals surface area contributed by atoms with Crippen LogP contribution in [0.2, 0.25) is 5.02 Å². The zero-order chi connectivity index (χ0) is 22.8. The van der Waals surface area contributed by atoms with E-state index in [-0.39, 0.29) is 27.0 Å². The van der Waals surface area contributed by atoms with E-state index in [4.69, 9.17) is 16.3 Å². The van der Waals surface area contributed by atoms with Crippen molar-refractivity contribution in [2.24, 2.45) is 0 Å². The highest BCUT2D eigenvalue weighted by Gasteiger charge is 2.22. The Morgan fingerprint density at radius 1 is 0.903 bits per heavy atom. The molecule has 0 aliphatic carbocycles. The molecule has 0 unspecified atom stereocenters. The molecule has 0 heterocycles. The van der Waals surface area contributed by atoms with Gasteiger partial charge in [-0.15, -0.1) is 0 Å². The number of carbonyl (C=O) groups is 2. The molecule has 0 atom stereocenters. The van der Waals surface area contributed by atoms with E-state index in [0.29, 0.717) is 11.1 Å². The second kappa shape index (κ2) is 8.97. The number of ether oxygens (including phenoxy) is 1. The number of sulfonamides is 1. The monoisotopic (exact) mass is 461 g/mol. The van der Waals surface area contributed by atoms with Crippen molar-refractivity contribution in [3.8, 4) is 5.75 Å². The Kier molecular flexibility index (Phi) is 6.54. The van der Waals surface area contributed by atoms with Gasteiger partial charge in [0.1, 0.15) is 11.6 Å². The average Bonchev–Trinajstić information content (AvgIpc) is 2.74. The fourth-order valence-corrected chi connectivity index (χ4v) is 3.76. The van der Waals surface area contributed by atoms with Crippen molar-refractivity contribution in [1.82, 2.24) is 4.31 Å². The van der Waals surface area contributed by atoms with Crippen molar-refractivity contribution in [2.75, 3.05) is 14.1 Å². The molecule has 31 heavy (non-hydrogen) atoms. The average molecular weight is 462 g/mol. The number of esters is 1. The van der Waals surface area contributed by atoms with Crippen LogP contribution in [0, 0.1) is 5.82 Å². The second-order valence-corrected chi connectivity index (χ2v) is 9.24. The summed E-state index contributed by atoms with van der Waals surface area (Å²) in [5.74, 6) is -1.47. The molecule has 0 saturated heterocycles. The Balaban J connectivity index is 1.80. The van der Waals surface area contributed by atoms with Crippen LogP contribution in [0.4, 0.5) is 4.39 Å². The first kappa shape index (κ1) is 22.6. The van der Waals surface area contributed by atoms with Crippen LogP contribution in [-0.2, 0) is 10.0 Å². The van der Waals surface area contributed by atoms with Gasteiger partial charge in [-0.1, -0.05) is 11.6 Å². The zero-order valence-electron chi connectivity index (χ0n) is 16.5. The molecule has 0 aliphatic heterocycles. The fraction of sp³-hybridized carbons (Fsp3) is 0.0909. The van der Waals surface area contributed by atoms with E-state index >= 15 is 0 Å². The number of ketones is 1. The van der Waals surface area contributed by atoms with E-state index in [1.165, 1.54) is 74.8 Å². The van der Waals surface area contributed by atoms with Crippen LogP contribution < -0.4 is 4.74 Å². The van der Waals surface area contributed by atoms with Gasteiger partial charge in [-0.05, 0) is 66.7 Å². The zero-order valence-corrected chi connectivity index (χ0v) is 18.1. The number of halogens is 2. The van der Waals surface area contributed by atoms with Gasteiger partial charge in [-0.3, -0.25) is 4.79 Å². The molecule has 0 N–H and O–H groups in total. The molecule has 0 aromatic heterocycles. The summed E-state index contributed by atoms with van der Waals surface area (Å²) >= 11 is 6.05. The van der Waals surface area contributed by atoms with Gasteiger partial charge in [-0.25, -0.2) is 21.9 Å². The molecule has 9 heteroatoms. The van der Waals surface area contributed by atoms with Crippen LogP contribution in [0.15, 0.2) is 71.6 Å². The smallest absolute Gasteiger partial charge is 0.345 e. The van der Waals surface area contributed by atoms with E-state index < -0.39 is 21.8 Å². The minimum Gasteiger partial charge on any atom is -0.423 e. The third-order valence-corrected chi connectivity index (χ3v) is 6.51. The number of benzene rings is 3. The lowest BCUT2D eigenvalue weighted by Crippen LogP contribution is -2.22. The highest BCUT2D eigenvalue weighted by Crippen LogP contribution is 2.24. The quantitative estimate of drug-likeness (QED) is 0.312. The molecule has 0 aliphatic rings. The summed E-state index contributed by atoms with van der Waals surface area (Å²) in [5, 5.41) is 0.0332. The van der Waals surface area contributed by atoms with E-state index in [1.54, 1.807) is 0 Å². The first-order chi connectivity index (χ1) is 14.6. The van der Waals surface area contributed by atoms with E-state index in [2.05, 4.69) is 0 Å². The predicted molar refractivity (Wildman–Crippen MR) is 114 cm³/mol. The Labute approximate surface area is 183 Å². The molecular formula is C22H17ClFNO5S. The van der Waals surface area contributed by atoms with Crippen molar-refractivity contribution in [3.63, 3.8) is 0 Å². The number of hydrogen-bond donors (Lipinski definition) is 0. The van der Waals surface area contributed by atoms with Gasteiger partial charge in [-0.2, -0.15) is 0 Å². The summed E-state index contributed by atoms with van der Waals surface area (Å²) in [4.78, 5) is 24.9. The maximum atomic E-state index is 13.0. The Morgan fingerprint density at radius 2 is 1.45 bits per heavy atom. The predicted octanol–water partition coefficient (Wildman–Crippen LogP) is 4.18. The van der Waals surface area contributed by atoms with Crippen LogP contribution >= 0.6 is 11.6 Å². The van der Waals surface area contributed by atoms with E-state index in [9.17, 15) is 22.4 Å². The lowest BCUT2D eigenvalue weighted by molar-refractivity contribution is 0.0734. The molecule has 3 aromatic rings. The molecule has 0 radical (unpaired) electrons. The third kappa shape index (κ3) is 4.99. The summed E-state index contributed by atoms with van der Waals surface area (Å²) in [6, 6.07) is 14.6. The van der Waals surface area contributed by atoms with Gasteiger partial charge in [0.2, 0.25) is 10.0 Å². The van der Waals surface area contributed by atoms with Gasteiger partial charge in [0.15, 0.2) is 5.78 Å². The summed E-state index contributed by atoms with van der Waals surface area (Å²) in [5.41, 5.74) is 0.524.